The SMILES string of the molecule is Cn1c(-c2cncnc2)nnc1N1CCC[C@@H]1c1cc(-c2cccc(Cl)c2)on1. The largest absolute Gasteiger partial charge is 0.356 e. The zero-order chi connectivity index (χ0) is 19.8. The highest BCUT2D eigenvalue weighted by Crippen LogP contribution is 2.37. The van der Waals surface area contributed by atoms with Gasteiger partial charge in [-0.15, -0.1) is 10.2 Å². The summed E-state index contributed by atoms with van der Waals surface area (Å²) in [6.07, 6.45) is 6.98. The predicted octanol–water partition coefficient (Wildman–Crippen LogP) is 3.92. The van der Waals surface area contributed by atoms with Crippen molar-refractivity contribution in [3.05, 3.63) is 59.8 Å². The Balaban J connectivity index is 1.45. The van der Waals surface area contributed by atoms with Gasteiger partial charge < -0.3 is 9.42 Å². The standard InChI is InChI=1S/C20H18ClN7O/c1-27-19(14-10-22-12-23-11-14)24-25-20(27)28-7-3-6-17(28)16-9-18(29-26-16)13-4-2-5-15(21)8-13/h2,4-5,8-12,17H,3,6-7H2,1H3/t17-/m1/s1. The normalized spacial score (nSPS) is 16.5. The number of aromatic nitrogens is 6. The van der Waals surface area contributed by atoms with Gasteiger partial charge in [0.15, 0.2) is 11.6 Å². The van der Waals surface area contributed by atoms with Gasteiger partial charge in [0.05, 0.1) is 11.6 Å². The average molecular weight is 408 g/mol. The third kappa shape index (κ3) is 3.25. The second kappa shape index (κ2) is 7.29. The Morgan fingerprint density at radius 3 is 2.79 bits per heavy atom. The first-order valence-electron chi connectivity index (χ1n) is 9.34. The quantitative estimate of drug-likeness (QED) is 0.506. The van der Waals surface area contributed by atoms with Crippen LogP contribution in [0.2, 0.25) is 5.02 Å². The minimum absolute atomic E-state index is 0.0782. The Labute approximate surface area is 172 Å². The third-order valence-electron chi connectivity index (χ3n) is 5.16. The highest BCUT2D eigenvalue weighted by Gasteiger charge is 2.32. The zero-order valence-electron chi connectivity index (χ0n) is 15.7. The molecule has 0 saturated carbocycles. The molecule has 3 aromatic heterocycles. The van der Waals surface area contributed by atoms with Crippen LogP contribution in [0.25, 0.3) is 22.7 Å². The zero-order valence-corrected chi connectivity index (χ0v) is 16.5. The van der Waals surface area contributed by atoms with Gasteiger partial charge in [0.2, 0.25) is 5.95 Å². The van der Waals surface area contributed by atoms with Gasteiger partial charge in [0.1, 0.15) is 12.0 Å². The molecule has 9 heteroatoms. The molecule has 0 bridgehead atoms. The van der Waals surface area contributed by atoms with Crippen molar-refractivity contribution in [2.75, 3.05) is 11.4 Å². The minimum Gasteiger partial charge on any atom is -0.356 e. The molecule has 29 heavy (non-hydrogen) atoms. The second-order valence-electron chi connectivity index (χ2n) is 6.99. The molecule has 1 aliphatic heterocycles. The topological polar surface area (TPSA) is 85.8 Å². The Kier molecular flexibility index (Phi) is 4.48. The van der Waals surface area contributed by atoms with Crippen molar-refractivity contribution >= 4 is 17.5 Å². The van der Waals surface area contributed by atoms with E-state index in [-0.39, 0.29) is 6.04 Å². The van der Waals surface area contributed by atoms with Crippen molar-refractivity contribution in [1.82, 2.24) is 29.9 Å². The lowest BCUT2D eigenvalue weighted by atomic mass is 10.1. The monoisotopic (exact) mass is 407 g/mol. The number of hydrogen-bond donors (Lipinski definition) is 0. The molecule has 0 radical (unpaired) electrons. The van der Waals surface area contributed by atoms with Crippen molar-refractivity contribution in [2.24, 2.45) is 7.05 Å². The molecule has 0 amide bonds. The molecule has 1 fully saturated rings. The van der Waals surface area contributed by atoms with Crippen molar-refractivity contribution in [2.45, 2.75) is 18.9 Å². The lowest BCUT2D eigenvalue weighted by molar-refractivity contribution is 0.416. The Bertz CT molecular complexity index is 1140. The number of halogens is 1. The van der Waals surface area contributed by atoms with Gasteiger partial charge in [0, 0.05) is 42.6 Å². The fourth-order valence-corrected chi connectivity index (χ4v) is 3.96. The van der Waals surface area contributed by atoms with Gasteiger partial charge in [-0.2, -0.15) is 0 Å². The van der Waals surface area contributed by atoms with Crippen LogP contribution in [0.15, 0.2) is 53.6 Å². The second-order valence-corrected chi connectivity index (χ2v) is 7.42. The van der Waals surface area contributed by atoms with Gasteiger partial charge in [-0.1, -0.05) is 28.9 Å². The Hall–Kier alpha value is -3.26. The highest BCUT2D eigenvalue weighted by molar-refractivity contribution is 6.30. The van der Waals surface area contributed by atoms with Crippen molar-refractivity contribution in [3.63, 3.8) is 0 Å². The fourth-order valence-electron chi connectivity index (χ4n) is 3.77. The van der Waals surface area contributed by atoms with E-state index in [9.17, 15) is 0 Å². The van der Waals surface area contributed by atoms with Crippen LogP contribution in [0.1, 0.15) is 24.6 Å². The maximum atomic E-state index is 6.10. The van der Waals surface area contributed by atoms with Crippen LogP contribution in [-0.4, -0.2) is 36.4 Å². The van der Waals surface area contributed by atoms with Crippen LogP contribution in [0.4, 0.5) is 5.95 Å². The number of nitrogens with zero attached hydrogens (tertiary/aromatic N) is 7. The van der Waals surface area contributed by atoms with E-state index in [2.05, 4.69) is 30.2 Å². The smallest absolute Gasteiger partial charge is 0.227 e. The van der Waals surface area contributed by atoms with E-state index in [0.717, 1.165) is 48.0 Å². The van der Waals surface area contributed by atoms with Crippen LogP contribution in [0.3, 0.4) is 0 Å². The maximum absolute atomic E-state index is 6.10. The molecule has 1 aliphatic rings. The molecule has 0 N–H and O–H groups in total. The lowest BCUT2D eigenvalue weighted by Crippen LogP contribution is -2.25. The molecule has 4 aromatic rings. The van der Waals surface area contributed by atoms with Crippen molar-refractivity contribution in [1.29, 1.82) is 0 Å². The fraction of sp³-hybridized carbons (Fsp3) is 0.250. The van der Waals surface area contributed by atoms with E-state index >= 15 is 0 Å². The summed E-state index contributed by atoms with van der Waals surface area (Å²) in [7, 11) is 1.95. The first-order chi connectivity index (χ1) is 14.2. The number of hydrogen-bond acceptors (Lipinski definition) is 7. The first-order valence-corrected chi connectivity index (χ1v) is 9.72. The summed E-state index contributed by atoms with van der Waals surface area (Å²) in [5, 5.41) is 13.8. The van der Waals surface area contributed by atoms with Gasteiger partial charge in [-0.25, -0.2) is 9.97 Å². The molecule has 1 aromatic carbocycles. The molecular weight excluding hydrogens is 390 g/mol. The van der Waals surface area contributed by atoms with E-state index < -0.39 is 0 Å². The molecule has 146 valence electrons. The van der Waals surface area contributed by atoms with Crippen LogP contribution in [-0.2, 0) is 7.05 Å². The van der Waals surface area contributed by atoms with Crippen molar-refractivity contribution < 1.29 is 4.52 Å². The number of rotatable bonds is 4. The average Bonchev–Trinajstić information content (AvgIpc) is 3.47. The Morgan fingerprint density at radius 2 is 1.97 bits per heavy atom. The summed E-state index contributed by atoms with van der Waals surface area (Å²) >= 11 is 6.10. The van der Waals surface area contributed by atoms with Gasteiger partial charge in [-0.3, -0.25) is 4.57 Å². The van der Waals surface area contributed by atoms with Crippen LogP contribution in [0.5, 0.6) is 0 Å². The van der Waals surface area contributed by atoms with E-state index in [1.807, 2.05) is 41.9 Å². The first kappa shape index (κ1) is 17.8. The summed E-state index contributed by atoms with van der Waals surface area (Å²) in [5.41, 5.74) is 2.62. The molecule has 4 heterocycles. The molecule has 0 unspecified atom stereocenters. The van der Waals surface area contributed by atoms with Gasteiger partial charge in [0.25, 0.3) is 0 Å². The summed E-state index contributed by atoms with van der Waals surface area (Å²) in [5.74, 6) is 2.22. The Morgan fingerprint density at radius 1 is 1.10 bits per heavy atom. The van der Waals surface area contributed by atoms with E-state index in [1.165, 1.54) is 6.33 Å². The molecule has 1 saturated heterocycles. The highest BCUT2D eigenvalue weighted by atomic mass is 35.5. The summed E-state index contributed by atoms with van der Waals surface area (Å²) in [6, 6.07) is 9.63. The molecular formula is C20H18ClN7O. The summed E-state index contributed by atoms with van der Waals surface area (Å²) in [6.45, 7) is 0.876. The molecule has 0 spiro atoms. The van der Waals surface area contributed by atoms with Crippen molar-refractivity contribution in [3.8, 4) is 22.7 Å². The van der Waals surface area contributed by atoms with Crippen LogP contribution in [0, 0.1) is 0 Å². The van der Waals surface area contributed by atoms with Gasteiger partial charge >= 0.3 is 0 Å². The maximum Gasteiger partial charge on any atom is 0.227 e. The number of benzene rings is 1. The number of anilines is 1. The van der Waals surface area contributed by atoms with E-state index in [0.29, 0.717) is 10.8 Å². The summed E-state index contributed by atoms with van der Waals surface area (Å²) in [4.78, 5) is 10.4. The summed E-state index contributed by atoms with van der Waals surface area (Å²) < 4.78 is 7.58. The van der Waals surface area contributed by atoms with Crippen LogP contribution < -0.4 is 4.90 Å². The van der Waals surface area contributed by atoms with Crippen LogP contribution >= 0.6 is 11.6 Å². The molecule has 1 atom stereocenters. The lowest BCUT2D eigenvalue weighted by Gasteiger charge is -2.23. The molecule has 0 aliphatic carbocycles. The molecule has 8 nitrogen and oxygen atoms in total. The van der Waals surface area contributed by atoms with E-state index in [1.54, 1.807) is 12.4 Å². The minimum atomic E-state index is 0.0782. The predicted molar refractivity (Wildman–Crippen MR) is 108 cm³/mol. The molecule has 5 rings (SSSR count). The third-order valence-corrected chi connectivity index (χ3v) is 5.39. The van der Waals surface area contributed by atoms with Gasteiger partial charge in [-0.05, 0) is 25.0 Å². The van der Waals surface area contributed by atoms with E-state index in [4.69, 9.17) is 16.1 Å².